The van der Waals surface area contributed by atoms with E-state index in [9.17, 15) is 19.2 Å². The van der Waals surface area contributed by atoms with Gasteiger partial charge in [0.15, 0.2) is 0 Å². The van der Waals surface area contributed by atoms with Crippen LogP contribution in [0.5, 0.6) is 0 Å². The molecule has 50 heavy (non-hydrogen) atoms. The lowest BCUT2D eigenvalue weighted by Gasteiger charge is -2.35. The summed E-state index contributed by atoms with van der Waals surface area (Å²) in [5, 5.41) is 3.41. The van der Waals surface area contributed by atoms with E-state index < -0.39 is 29.2 Å². The maximum Gasteiger partial charge on any atom is 0.324 e. The maximum absolute atomic E-state index is 13.9. The lowest BCUT2D eigenvalue weighted by atomic mass is 10.1. The molecule has 1 fully saturated rings. The third-order valence-corrected chi connectivity index (χ3v) is 7.70. The molecule has 12 heteroatoms. The average Bonchev–Trinajstić information content (AvgIpc) is 3.03. The van der Waals surface area contributed by atoms with Crippen molar-refractivity contribution >= 4 is 23.9 Å². The predicted octanol–water partition coefficient (Wildman–Crippen LogP) is 3.42. The van der Waals surface area contributed by atoms with Crippen LogP contribution in [0.1, 0.15) is 59.1 Å². The van der Waals surface area contributed by atoms with Crippen molar-refractivity contribution in [3.8, 4) is 0 Å². The highest BCUT2D eigenvalue weighted by Crippen LogP contribution is 2.15. The molecule has 1 aliphatic heterocycles. The first-order chi connectivity index (χ1) is 23.7. The second-order valence-corrected chi connectivity index (χ2v) is 14.5. The SMILES string of the molecule is CC(C)(C)OC(=O)CN1CCNCCN(CC(=O)OC(C)(C)C)CCN([C@H](CC(=O)OCc2ccccc2)C(=O)OCc2ccccc2)CC1. The number of hydrogen-bond acceptors (Lipinski definition) is 12. The van der Waals surface area contributed by atoms with Crippen molar-refractivity contribution in [2.45, 2.75) is 78.4 Å². The van der Waals surface area contributed by atoms with Crippen molar-refractivity contribution < 1.29 is 38.1 Å². The van der Waals surface area contributed by atoms with E-state index in [4.69, 9.17) is 18.9 Å². The van der Waals surface area contributed by atoms with Crippen molar-refractivity contribution in [1.82, 2.24) is 20.0 Å². The summed E-state index contributed by atoms with van der Waals surface area (Å²) < 4.78 is 22.6. The highest BCUT2D eigenvalue weighted by Gasteiger charge is 2.32. The van der Waals surface area contributed by atoms with E-state index in [1.54, 1.807) is 0 Å². The molecule has 2 aromatic carbocycles. The molecule has 1 N–H and O–H groups in total. The molecule has 1 heterocycles. The van der Waals surface area contributed by atoms with Gasteiger partial charge in [-0.1, -0.05) is 60.7 Å². The molecule has 0 spiro atoms. The van der Waals surface area contributed by atoms with Gasteiger partial charge in [0.1, 0.15) is 30.5 Å². The molecular weight excluding hydrogens is 640 g/mol. The van der Waals surface area contributed by atoms with Crippen LogP contribution in [0, 0.1) is 0 Å². The molecule has 1 saturated heterocycles. The fourth-order valence-electron chi connectivity index (χ4n) is 5.36. The van der Waals surface area contributed by atoms with Crippen LogP contribution < -0.4 is 5.32 Å². The van der Waals surface area contributed by atoms with Crippen LogP contribution in [0.15, 0.2) is 60.7 Å². The second-order valence-electron chi connectivity index (χ2n) is 14.5. The lowest BCUT2D eigenvalue weighted by Crippen LogP contribution is -2.52. The van der Waals surface area contributed by atoms with Gasteiger partial charge in [0.2, 0.25) is 0 Å². The van der Waals surface area contributed by atoms with Gasteiger partial charge in [0.05, 0.1) is 19.5 Å². The van der Waals surface area contributed by atoms with Crippen LogP contribution in [0.25, 0.3) is 0 Å². The fraction of sp³-hybridized carbons (Fsp3) is 0.579. The highest BCUT2D eigenvalue weighted by molar-refractivity contribution is 5.82. The summed E-state index contributed by atoms with van der Waals surface area (Å²) in [6.07, 6.45) is -0.236. The Morgan fingerprint density at radius 1 is 0.620 bits per heavy atom. The minimum atomic E-state index is -0.977. The number of carbonyl (C=O) groups excluding carboxylic acids is 4. The number of rotatable bonds is 12. The van der Waals surface area contributed by atoms with Gasteiger partial charge in [-0.05, 0) is 52.7 Å². The van der Waals surface area contributed by atoms with Crippen LogP contribution >= 0.6 is 0 Å². The van der Waals surface area contributed by atoms with E-state index >= 15 is 0 Å². The standard InChI is InChI=1S/C38H56N4O8/c1-37(2,3)49-34(44)26-40-19-17-39-18-20-41(27-35(45)50-38(4,5)6)22-24-42(23-21-40)32(36(46)48-29-31-15-11-8-12-16-31)25-33(43)47-28-30-13-9-7-10-14-30/h7-16,32,39H,17-29H2,1-6H3/t32-/m1/s1. The van der Waals surface area contributed by atoms with Gasteiger partial charge in [-0.2, -0.15) is 0 Å². The van der Waals surface area contributed by atoms with Gasteiger partial charge in [-0.25, -0.2) is 0 Å². The molecule has 1 aliphatic rings. The molecule has 1 atom stereocenters. The van der Waals surface area contributed by atoms with E-state index in [0.717, 1.165) is 11.1 Å². The summed E-state index contributed by atoms with van der Waals surface area (Å²) in [4.78, 5) is 58.7. The number of nitrogens with one attached hydrogen (secondary N) is 1. The molecule has 2 aromatic rings. The minimum Gasteiger partial charge on any atom is -0.461 e. The molecule has 12 nitrogen and oxygen atoms in total. The topological polar surface area (TPSA) is 127 Å². The maximum atomic E-state index is 13.9. The van der Waals surface area contributed by atoms with Crippen molar-refractivity contribution in [3.63, 3.8) is 0 Å². The third kappa shape index (κ3) is 16.7. The highest BCUT2D eigenvalue weighted by atomic mass is 16.6. The molecule has 0 radical (unpaired) electrons. The van der Waals surface area contributed by atoms with Gasteiger partial charge in [-0.15, -0.1) is 0 Å². The minimum absolute atomic E-state index is 0.0459. The Morgan fingerprint density at radius 2 is 1.06 bits per heavy atom. The summed E-state index contributed by atoms with van der Waals surface area (Å²) in [7, 11) is 0. The van der Waals surface area contributed by atoms with E-state index in [-0.39, 0.29) is 44.7 Å². The van der Waals surface area contributed by atoms with E-state index in [2.05, 4.69) is 5.32 Å². The summed E-state index contributed by atoms with van der Waals surface area (Å²) in [5.74, 6) is -1.79. The molecule has 0 saturated carbocycles. The molecule has 0 amide bonds. The molecule has 0 aliphatic carbocycles. The van der Waals surface area contributed by atoms with Gasteiger partial charge in [-0.3, -0.25) is 33.9 Å². The van der Waals surface area contributed by atoms with Crippen molar-refractivity contribution in [2.24, 2.45) is 0 Å². The summed E-state index contributed by atoms with van der Waals surface area (Å²) in [6, 6.07) is 17.7. The Balaban J connectivity index is 1.86. The van der Waals surface area contributed by atoms with Crippen molar-refractivity contribution in [3.05, 3.63) is 71.8 Å². The number of carbonyl (C=O) groups is 4. The fourth-order valence-corrected chi connectivity index (χ4v) is 5.36. The first-order valence-corrected chi connectivity index (χ1v) is 17.4. The van der Waals surface area contributed by atoms with Gasteiger partial charge in [0, 0.05) is 52.4 Å². The Hall–Kier alpha value is -3.84. The lowest BCUT2D eigenvalue weighted by molar-refractivity contribution is -0.159. The van der Waals surface area contributed by atoms with Crippen molar-refractivity contribution in [2.75, 3.05) is 65.4 Å². The molecule has 0 aromatic heterocycles. The molecule has 3 rings (SSSR count). The summed E-state index contributed by atoms with van der Waals surface area (Å²) in [5.41, 5.74) is 0.400. The number of hydrogen-bond donors (Lipinski definition) is 1. The Kier molecular flexibility index (Phi) is 16.3. The molecule has 0 bridgehead atoms. The average molecular weight is 697 g/mol. The van der Waals surface area contributed by atoms with Gasteiger partial charge in [0.25, 0.3) is 0 Å². The second kappa shape index (κ2) is 20.1. The van der Waals surface area contributed by atoms with Crippen LogP contribution in [0.4, 0.5) is 0 Å². The van der Waals surface area contributed by atoms with E-state index in [1.165, 1.54) is 0 Å². The summed E-state index contributed by atoms with van der Waals surface area (Å²) in [6.45, 7) is 15.0. The van der Waals surface area contributed by atoms with Crippen LogP contribution in [0.2, 0.25) is 0 Å². The zero-order chi connectivity index (χ0) is 36.6. The Bertz CT molecular complexity index is 1300. The third-order valence-electron chi connectivity index (χ3n) is 7.70. The van der Waals surface area contributed by atoms with Gasteiger partial charge >= 0.3 is 23.9 Å². The van der Waals surface area contributed by atoms with E-state index in [1.807, 2.05) is 117 Å². The van der Waals surface area contributed by atoms with E-state index in [0.29, 0.717) is 52.4 Å². The monoisotopic (exact) mass is 696 g/mol. The first-order valence-electron chi connectivity index (χ1n) is 17.4. The Morgan fingerprint density at radius 3 is 1.50 bits per heavy atom. The zero-order valence-corrected chi connectivity index (χ0v) is 30.7. The first kappa shape index (κ1) is 40.6. The molecule has 0 unspecified atom stereocenters. The molecular formula is C38H56N4O8. The number of esters is 4. The van der Waals surface area contributed by atoms with Crippen LogP contribution in [-0.4, -0.2) is 121 Å². The molecule has 276 valence electrons. The van der Waals surface area contributed by atoms with Crippen LogP contribution in [0.3, 0.4) is 0 Å². The Labute approximate surface area is 297 Å². The normalized spacial score (nSPS) is 16.7. The number of ether oxygens (including phenoxy) is 4. The van der Waals surface area contributed by atoms with Gasteiger partial charge < -0.3 is 24.3 Å². The largest absolute Gasteiger partial charge is 0.461 e. The van der Waals surface area contributed by atoms with Crippen LogP contribution in [-0.2, 0) is 51.3 Å². The number of benzene rings is 2. The number of nitrogens with zero attached hydrogens (tertiary/aromatic N) is 3. The summed E-state index contributed by atoms with van der Waals surface area (Å²) >= 11 is 0. The predicted molar refractivity (Wildman–Crippen MR) is 190 cm³/mol. The smallest absolute Gasteiger partial charge is 0.324 e. The zero-order valence-electron chi connectivity index (χ0n) is 30.7. The van der Waals surface area contributed by atoms with Crippen molar-refractivity contribution in [1.29, 1.82) is 0 Å². The quantitative estimate of drug-likeness (QED) is 0.258.